The van der Waals surface area contributed by atoms with Crippen molar-refractivity contribution >= 4 is 16.8 Å². The fourth-order valence-corrected chi connectivity index (χ4v) is 4.27. The number of halogens is 2. The Morgan fingerprint density at radius 2 is 2.00 bits per heavy atom. The molecule has 6 heteroatoms. The van der Waals surface area contributed by atoms with E-state index in [4.69, 9.17) is 0 Å². The first-order chi connectivity index (χ1) is 12.6. The van der Waals surface area contributed by atoms with Crippen LogP contribution in [0.2, 0.25) is 0 Å². The maximum Gasteiger partial charge on any atom is 0.251 e. The van der Waals surface area contributed by atoms with Gasteiger partial charge in [0.1, 0.15) is 0 Å². The molecule has 0 atom stereocenters. The highest BCUT2D eigenvalue weighted by atomic mass is 19.3. The third-order valence-corrected chi connectivity index (χ3v) is 5.68. The Morgan fingerprint density at radius 3 is 2.77 bits per heavy atom. The number of fused-ring (bicyclic) bond motifs is 3. The Hall–Kier alpha value is -1.95. The van der Waals surface area contributed by atoms with Gasteiger partial charge in [0.05, 0.1) is 6.54 Å². The second-order valence-electron chi connectivity index (χ2n) is 7.49. The third kappa shape index (κ3) is 3.61. The topological polar surface area (TPSA) is 48.1 Å². The maximum atomic E-state index is 12.7. The summed E-state index contributed by atoms with van der Waals surface area (Å²) in [5.74, 6) is -0.0648. The standard InChI is InChI=1S/C20H25F2N3O/c21-19(22)12-25-9-7-14(8-10-25)23-20(26)13-5-6-18-16(11-13)15-3-1-2-4-17(15)24-18/h5-6,11,14,19,24H,1-4,7-10,12H2,(H,23,26). The Kier molecular flexibility index (Phi) is 4.94. The zero-order valence-electron chi connectivity index (χ0n) is 14.9. The van der Waals surface area contributed by atoms with Gasteiger partial charge in [0.15, 0.2) is 0 Å². The number of hydrogen-bond acceptors (Lipinski definition) is 2. The first kappa shape index (κ1) is 17.5. The van der Waals surface area contributed by atoms with Gasteiger partial charge in [-0.05, 0) is 62.3 Å². The molecule has 26 heavy (non-hydrogen) atoms. The highest BCUT2D eigenvalue weighted by molar-refractivity contribution is 5.99. The van der Waals surface area contributed by atoms with Gasteiger partial charge >= 0.3 is 0 Å². The summed E-state index contributed by atoms with van der Waals surface area (Å²) >= 11 is 0. The van der Waals surface area contributed by atoms with Gasteiger partial charge in [0, 0.05) is 41.3 Å². The lowest BCUT2D eigenvalue weighted by Gasteiger charge is -2.32. The van der Waals surface area contributed by atoms with Crippen molar-refractivity contribution in [1.82, 2.24) is 15.2 Å². The van der Waals surface area contributed by atoms with Crippen molar-refractivity contribution in [1.29, 1.82) is 0 Å². The predicted octanol–water partition coefficient (Wildman–Crippen LogP) is 3.51. The Balaban J connectivity index is 1.42. The molecule has 1 amide bonds. The molecule has 1 aromatic heterocycles. The Morgan fingerprint density at radius 1 is 1.23 bits per heavy atom. The molecule has 0 spiro atoms. The Labute approximate surface area is 151 Å². The van der Waals surface area contributed by atoms with Gasteiger partial charge in [0.25, 0.3) is 12.3 Å². The fraction of sp³-hybridized carbons (Fsp3) is 0.550. The SMILES string of the molecule is O=C(NC1CCN(CC(F)F)CC1)c1ccc2[nH]c3c(c2c1)CCCC3. The first-order valence-electron chi connectivity index (χ1n) is 9.55. The molecule has 0 radical (unpaired) electrons. The van der Waals surface area contributed by atoms with Gasteiger partial charge in [0.2, 0.25) is 0 Å². The summed E-state index contributed by atoms with van der Waals surface area (Å²) in [5.41, 5.74) is 4.46. The summed E-state index contributed by atoms with van der Waals surface area (Å²) in [5, 5.41) is 4.25. The fourth-order valence-electron chi connectivity index (χ4n) is 4.27. The van der Waals surface area contributed by atoms with E-state index in [1.807, 2.05) is 18.2 Å². The molecule has 1 fully saturated rings. The lowest BCUT2D eigenvalue weighted by atomic mass is 9.95. The molecule has 4 nitrogen and oxygen atoms in total. The number of aromatic amines is 1. The number of amides is 1. The molecule has 140 valence electrons. The minimum Gasteiger partial charge on any atom is -0.358 e. The van der Waals surface area contributed by atoms with Crippen molar-refractivity contribution < 1.29 is 13.6 Å². The van der Waals surface area contributed by atoms with Crippen molar-refractivity contribution in [3.05, 3.63) is 35.0 Å². The molecule has 2 N–H and O–H groups in total. The maximum absolute atomic E-state index is 12.7. The van der Waals surface area contributed by atoms with E-state index in [1.165, 1.54) is 29.5 Å². The number of hydrogen-bond donors (Lipinski definition) is 2. The van der Waals surface area contributed by atoms with Crippen LogP contribution < -0.4 is 5.32 Å². The summed E-state index contributed by atoms with van der Waals surface area (Å²) in [7, 11) is 0. The summed E-state index contributed by atoms with van der Waals surface area (Å²) in [4.78, 5) is 17.9. The van der Waals surface area contributed by atoms with Gasteiger partial charge in [-0.15, -0.1) is 0 Å². The monoisotopic (exact) mass is 361 g/mol. The molecule has 1 saturated heterocycles. The smallest absolute Gasteiger partial charge is 0.251 e. The summed E-state index contributed by atoms with van der Waals surface area (Å²) in [6, 6.07) is 5.92. The van der Waals surface area contributed by atoms with Crippen molar-refractivity contribution in [3.63, 3.8) is 0 Å². The molecular formula is C20H25F2N3O. The van der Waals surface area contributed by atoms with E-state index in [0.29, 0.717) is 18.7 Å². The molecule has 4 rings (SSSR count). The number of H-pyrrole nitrogens is 1. The van der Waals surface area contributed by atoms with E-state index in [0.717, 1.165) is 31.2 Å². The minimum absolute atomic E-state index is 0.0623. The van der Waals surface area contributed by atoms with Crippen LogP contribution in [0.1, 0.15) is 47.3 Å². The van der Waals surface area contributed by atoms with E-state index in [9.17, 15) is 13.6 Å². The molecule has 2 aliphatic rings. The number of nitrogens with one attached hydrogen (secondary N) is 2. The second-order valence-corrected chi connectivity index (χ2v) is 7.49. The molecule has 0 bridgehead atoms. The second kappa shape index (κ2) is 7.35. The molecule has 2 heterocycles. The lowest BCUT2D eigenvalue weighted by Crippen LogP contribution is -2.45. The largest absolute Gasteiger partial charge is 0.358 e. The molecule has 1 aliphatic heterocycles. The lowest BCUT2D eigenvalue weighted by molar-refractivity contribution is 0.0696. The number of aryl methyl sites for hydroxylation is 2. The number of nitrogens with zero attached hydrogens (tertiary/aromatic N) is 1. The highest BCUT2D eigenvalue weighted by Gasteiger charge is 2.23. The average molecular weight is 361 g/mol. The van der Waals surface area contributed by atoms with Gasteiger partial charge in [-0.1, -0.05) is 0 Å². The number of aromatic nitrogens is 1. The summed E-state index contributed by atoms with van der Waals surface area (Å²) in [6.07, 6.45) is 3.73. The van der Waals surface area contributed by atoms with Crippen LogP contribution in [0.4, 0.5) is 8.78 Å². The number of alkyl halides is 2. The van der Waals surface area contributed by atoms with E-state index in [2.05, 4.69) is 10.3 Å². The van der Waals surface area contributed by atoms with Gasteiger partial charge in [-0.2, -0.15) is 0 Å². The quantitative estimate of drug-likeness (QED) is 0.876. The van der Waals surface area contributed by atoms with Crippen molar-refractivity contribution in [2.24, 2.45) is 0 Å². The van der Waals surface area contributed by atoms with Crippen LogP contribution in [-0.4, -0.2) is 47.9 Å². The number of rotatable bonds is 4. The zero-order chi connectivity index (χ0) is 18.1. The Bertz CT molecular complexity index is 794. The van der Waals surface area contributed by atoms with Crippen LogP contribution in [0, 0.1) is 0 Å². The van der Waals surface area contributed by atoms with Gasteiger partial charge in [-0.25, -0.2) is 8.78 Å². The van der Waals surface area contributed by atoms with Crippen LogP contribution in [0.3, 0.4) is 0 Å². The number of piperidine rings is 1. The van der Waals surface area contributed by atoms with Crippen LogP contribution >= 0.6 is 0 Å². The molecular weight excluding hydrogens is 336 g/mol. The first-order valence-corrected chi connectivity index (χ1v) is 9.55. The van der Waals surface area contributed by atoms with Gasteiger partial charge < -0.3 is 10.3 Å². The number of likely N-dealkylation sites (tertiary alicyclic amines) is 1. The van der Waals surface area contributed by atoms with E-state index >= 15 is 0 Å². The van der Waals surface area contributed by atoms with Gasteiger partial charge in [-0.3, -0.25) is 9.69 Å². The van der Waals surface area contributed by atoms with Crippen LogP contribution in [0.15, 0.2) is 18.2 Å². The highest BCUT2D eigenvalue weighted by Crippen LogP contribution is 2.29. The normalized spacial score (nSPS) is 19.0. The number of carbonyl (C=O) groups excluding carboxylic acids is 1. The third-order valence-electron chi connectivity index (χ3n) is 5.68. The van der Waals surface area contributed by atoms with E-state index in [-0.39, 0.29) is 18.5 Å². The van der Waals surface area contributed by atoms with E-state index in [1.54, 1.807) is 4.90 Å². The molecule has 0 saturated carbocycles. The van der Waals surface area contributed by atoms with Crippen molar-refractivity contribution in [2.75, 3.05) is 19.6 Å². The number of benzene rings is 1. The predicted molar refractivity (Wildman–Crippen MR) is 97.9 cm³/mol. The molecule has 1 aromatic carbocycles. The summed E-state index contributed by atoms with van der Waals surface area (Å²) < 4.78 is 24.9. The van der Waals surface area contributed by atoms with Crippen molar-refractivity contribution in [3.8, 4) is 0 Å². The average Bonchev–Trinajstić information content (AvgIpc) is 3.01. The van der Waals surface area contributed by atoms with Crippen LogP contribution in [-0.2, 0) is 12.8 Å². The van der Waals surface area contributed by atoms with E-state index < -0.39 is 6.43 Å². The summed E-state index contributed by atoms with van der Waals surface area (Å²) in [6.45, 7) is 1.05. The number of carbonyl (C=O) groups is 1. The zero-order valence-corrected chi connectivity index (χ0v) is 14.9. The molecule has 0 unspecified atom stereocenters. The van der Waals surface area contributed by atoms with Crippen LogP contribution in [0.25, 0.3) is 10.9 Å². The minimum atomic E-state index is -2.29. The van der Waals surface area contributed by atoms with Crippen molar-refractivity contribution in [2.45, 2.75) is 51.0 Å². The molecule has 1 aliphatic carbocycles. The van der Waals surface area contributed by atoms with Crippen LogP contribution in [0.5, 0.6) is 0 Å². The molecule has 2 aromatic rings.